The van der Waals surface area contributed by atoms with Gasteiger partial charge >= 0.3 is 5.97 Å². The van der Waals surface area contributed by atoms with Crippen molar-refractivity contribution in [2.45, 2.75) is 42.9 Å². The number of hydrogen-bond donors (Lipinski definition) is 3. The third-order valence-electron chi connectivity index (χ3n) is 7.50. The van der Waals surface area contributed by atoms with E-state index in [2.05, 4.69) is 16.9 Å². The summed E-state index contributed by atoms with van der Waals surface area (Å²) in [4.78, 5) is 34.2. The number of rotatable bonds is 10. The van der Waals surface area contributed by atoms with Crippen LogP contribution in [-0.4, -0.2) is 90.0 Å². The van der Waals surface area contributed by atoms with Crippen molar-refractivity contribution in [1.29, 1.82) is 0 Å². The first-order valence-corrected chi connectivity index (χ1v) is 15.3. The van der Waals surface area contributed by atoms with Gasteiger partial charge in [0.25, 0.3) is 12.4 Å². The Bertz CT molecular complexity index is 1630. The van der Waals surface area contributed by atoms with Gasteiger partial charge in [0.1, 0.15) is 6.61 Å². The maximum atomic E-state index is 12.2. The number of nitrogens with zero attached hydrogens (tertiary/aromatic N) is 3. The Balaban J connectivity index is 0.00000162. The molecule has 230 valence electrons. The summed E-state index contributed by atoms with van der Waals surface area (Å²) >= 11 is 0. The number of ether oxygens (including phenoxy) is 1. The largest absolute Gasteiger partial charge is 0.483 e. The van der Waals surface area contributed by atoms with Crippen molar-refractivity contribution >= 4 is 39.1 Å². The van der Waals surface area contributed by atoms with E-state index < -0.39 is 20.5 Å². The van der Waals surface area contributed by atoms with Crippen LogP contribution in [0.25, 0.3) is 10.9 Å². The lowest BCUT2D eigenvalue weighted by Gasteiger charge is -2.25. The maximum Gasteiger partial charge on any atom is 0.320 e. The van der Waals surface area contributed by atoms with E-state index >= 15 is 0 Å². The highest BCUT2D eigenvalue weighted by molar-refractivity contribution is 7.92. The van der Waals surface area contributed by atoms with Crippen LogP contribution in [0, 0.1) is 11.8 Å². The van der Waals surface area contributed by atoms with Crippen LogP contribution >= 0.6 is 0 Å². The lowest BCUT2D eigenvalue weighted by molar-refractivity contribution is -0.145. The molecule has 2 aromatic carbocycles. The Hall–Kier alpha value is -4.25. The number of nitrogens with one attached hydrogen (secondary N) is 1. The van der Waals surface area contributed by atoms with E-state index in [0.717, 1.165) is 46.7 Å². The van der Waals surface area contributed by atoms with Gasteiger partial charge < -0.3 is 9.84 Å². The molecule has 0 saturated heterocycles. The Morgan fingerprint density at radius 2 is 1.77 bits per heavy atom. The first-order chi connectivity index (χ1) is 20.3. The number of carbonyl (C=O) groups excluding carboxylic acids is 2. The van der Waals surface area contributed by atoms with Crippen LogP contribution < -0.4 is 5.48 Å². The molecule has 43 heavy (non-hydrogen) atoms. The van der Waals surface area contributed by atoms with Crippen molar-refractivity contribution in [3.8, 4) is 11.8 Å². The average Bonchev–Trinajstić information content (AvgIpc) is 3.65. The van der Waals surface area contributed by atoms with Gasteiger partial charge in [0.05, 0.1) is 18.3 Å². The molecule has 1 aliphatic carbocycles. The summed E-state index contributed by atoms with van der Waals surface area (Å²) in [7, 11) is -0.124. The Kier molecular flexibility index (Phi) is 10.7. The fraction of sp³-hybridized carbons (Fsp3) is 0.400. The molecule has 1 atom stereocenters. The summed E-state index contributed by atoms with van der Waals surface area (Å²) in [5.74, 6) is 5.15. The number of hydrogen-bond acceptors (Lipinski definition) is 9. The summed E-state index contributed by atoms with van der Waals surface area (Å²) in [5, 5.41) is 21.1. The Morgan fingerprint density at radius 1 is 1.16 bits per heavy atom. The zero-order valence-electron chi connectivity index (χ0n) is 24.5. The van der Waals surface area contributed by atoms with Crippen LogP contribution in [0.3, 0.4) is 0 Å². The predicted octanol–water partition coefficient (Wildman–Crippen LogP) is 1.97. The average molecular weight is 613 g/mol. The topological polar surface area (TPSA) is 168 Å². The third-order valence-corrected chi connectivity index (χ3v) is 9.53. The number of amides is 1. The van der Waals surface area contributed by atoms with E-state index in [1.807, 2.05) is 56.6 Å². The molecular weight excluding hydrogens is 576 g/mol. The number of likely N-dealkylation sites (N-methyl/N-ethyl adjacent to an activating group) is 1. The summed E-state index contributed by atoms with van der Waals surface area (Å²) in [6, 6.07) is 13.7. The quantitative estimate of drug-likeness (QED) is 0.101. The van der Waals surface area contributed by atoms with Gasteiger partial charge in [0, 0.05) is 34.7 Å². The predicted molar refractivity (Wildman–Crippen MR) is 159 cm³/mol. The Morgan fingerprint density at radius 3 is 2.33 bits per heavy atom. The summed E-state index contributed by atoms with van der Waals surface area (Å²) in [6.07, 6.45) is 4.55. The van der Waals surface area contributed by atoms with Gasteiger partial charge in [-0.1, -0.05) is 24.0 Å². The van der Waals surface area contributed by atoms with Crippen molar-refractivity contribution < 1.29 is 37.9 Å². The van der Waals surface area contributed by atoms with Gasteiger partial charge in [-0.25, -0.2) is 13.9 Å². The Labute approximate surface area is 250 Å². The van der Waals surface area contributed by atoms with Crippen LogP contribution in [0.4, 0.5) is 0 Å². The molecular formula is C30H36N4O8S. The number of aromatic nitrogens is 2. The molecule has 1 aromatic heterocycles. The highest BCUT2D eigenvalue weighted by Gasteiger charge is 2.45. The molecule has 1 amide bonds. The smallest absolute Gasteiger partial charge is 0.320 e. The minimum absolute atomic E-state index is 0.0631. The molecule has 1 aliphatic rings. The number of aryl methyl sites for hydroxylation is 1. The van der Waals surface area contributed by atoms with Crippen molar-refractivity contribution in [3.63, 3.8) is 0 Å². The lowest BCUT2D eigenvalue weighted by atomic mass is 9.96. The van der Waals surface area contributed by atoms with Crippen molar-refractivity contribution in [3.05, 3.63) is 65.4 Å². The van der Waals surface area contributed by atoms with E-state index in [9.17, 15) is 18.0 Å². The highest BCUT2D eigenvalue weighted by Crippen LogP contribution is 2.48. The molecule has 0 radical (unpaired) electrons. The maximum absolute atomic E-state index is 12.2. The van der Waals surface area contributed by atoms with Crippen LogP contribution in [0.1, 0.15) is 42.9 Å². The molecule has 3 N–H and O–H groups in total. The second kappa shape index (κ2) is 13.8. The van der Waals surface area contributed by atoms with E-state index in [1.54, 1.807) is 15.8 Å². The fourth-order valence-electron chi connectivity index (χ4n) is 4.49. The molecule has 1 heterocycles. The second-order valence-electron chi connectivity index (χ2n) is 10.9. The van der Waals surface area contributed by atoms with Crippen molar-refractivity contribution in [2.24, 2.45) is 0 Å². The van der Waals surface area contributed by atoms with Gasteiger partial charge in [0.2, 0.25) is 0 Å². The van der Waals surface area contributed by atoms with Crippen LogP contribution in [-0.2, 0) is 40.9 Å². The minimum atomic E-state index is -3.79. The summed E-state index contributed by atoms with van der Waals surface area (Å²) < 4.78 is 29.8. The van der Waals surface area contributed by atoms with Gasteiger partial charge in [0.15, 0.2) is 14.6 Å². The normalized spacial score (nSPS) is 14.8. The molecule has 0 unspecified atom stereocenters. The number of hydroxylamine groups is 1. The first-order valence-electron chi connectivity index (χ1n) is 13.4. The molecule has 12 nitrogen and oxygen atoms in total. The van der Waals surface area contributed by atoms with E-state index in [4.69, 9.17) is 19.8 Å². The van der Waals surface area contributed by atoms with Gasteiger partial charge in [-0.15, -0.1) is 0 Å². The highest BCUT2D eigenvalue weighted by atomic mass is 32.2. The van der Waals surface area contributed by atoms with E-state index in [0.29, 0.717) is 6.61 Å². The SMILES string of the molecule is CN(C)CC(=O)OCC1(c2ccc(C#Cc3ccc4c(cnn4CC[C@](C)(C(=O)NO)S(C)(=O)=O)c3)cc2)CC1.O=CO. The molecule has 1 fully saturated rings. The zero-order valence-corrected chi connectivity index (χ0v) is 25.3. The van der Waals surface area contributed by atoms with Crippen LogP contribution in [0.2, 0.25) is 0 Å². The fourth-order valence-corrected chi connectivity index (χ4v) is 5.33. The first kappa shape index (κ1) is 33.3. The number of fused-ring (bicyclic) bond motifs is 1. The number of carboxylic acid groups (broad SMARTS) is 1. The third kappa shape index (κ3) is 8.19. The summed E-state index contributed by atoms with van der Waals surface area (Å²) in [5.41, 5.74) is 4.94. The standard InChI is InChI=1S/C29H34N4O6S.CH2O2/c1-28(27(35)31-36,40(4,37)38)15-16-33-25-12-9-22(17-23(25)18-30-33)6-5-21-7-10-24(11-8-21)29(13-14-29)20-39-26(34)19-32(2)3;2-1-3/h7-12,17-18,36H,13-16,19-20H2,1-4H3,(H,31,35);1H,(H,2,3)/t28-;/m1./s1. The van der Waals surface area contributed by atoms with Gasteiger partial charge in [-0.2, -0.15) is 5.10 Å². The molecule has 0 aliphatic heterocycles. The van der Waals surface area contributed by atoms with Gasteiger partial charge in [-0.05, 0) is 76.2 Å². The minimum Gasteiger partial charge on any atom is -0.483 e. The van der Waals surface area contributed by atoms with Crippen molar-refractivity contribution in [2.75, 3.05) is 33.5 Å². The van der Waals surface area contributed by atoms with Crippen LogP contribution in [0.5, 0.6) is 0 Å². The molecule has 13 heteroatoms. The lowest BCUT2D eigenvalue weighted by Crippen LogP contribution is -2.49. The van der Waals surface area contributed by atoms with Crippen LogP contribution in [0.15, 0.2) is 48.7 Å². The second-order valence-corrected chi connectivity index (χ2v) is 13.4. The molecule has 0 bridgehead atoms. The van der Waals surface area contributed by atoms with Gasteiger partial charge in [-0.3, -0.25) is 29.2 Å². The summed E-state index contributed by atoms with van der Waals surface area (Å²) in [6.45, 7) is 1.85. The molecule has 1 saturated carbocycles. The monoisotopic (exact) mass is 612 g/mol. The zero-order chi connectivity index (χ0) is 31.8. The van der Waals surface area contributed by atoms with E-state index in [-0.39, 0.29) is 37.4 Å². The number of benzene rings is 2. The van der Waals surface area contributed by atoms with E-state index in [1.165, 1.54) is 12.4 Å². The number of sulfone groups is 1. The number of carbonyl (C=O) groups is 3. The van der Waals surface area contributed by atoms with Crippen molar-refractivity contribution in [1.82, 2.24) is 20.2 Å². The molecule has 3 aromatic rings. The number of esters is 1. The molecule has 4 rings (SSSR count). The molecule has 0 spiro atoms.